The van der Waals surface area contributed by atoms with Crippen molar-refractivity contribution in [1.29, 1.82) is 0 Å². The molecule has 0 aliphatic rings. The summed E-state index contributed by atoms with van der Waals surface area (Å²) < 4.78 is 1.53. The summed E-state index contributed by atoms with van der Waals surface area (Å²) in [7, 11) is 0. The third-order valence-electron chi connectivity index (χ3n) is 4.16. The first-order chi connectivity index (χ1) is 13.0. The van der Waals surface area contributed by atoms with Crippen LogP contribution in [0.25, 0.3) is 32.0 Å². The van der Waals surface area contributed by atoms with Crippen LogP contribution in [0, 0.1) is 0 Å². The number of amides is 1. The molecule has 0 aliphatic heterocycles. The molecule has 4 rings (SSSR count). The van der Waals surface area contributed by atoms with E-state index in [2.05, 4.69) is 0 Å². The Bertz CT molecular complexity index is 1180. The molecule has 3 aromatic heterocycles. The Morgan fingerprint density at radius 3 is 2.63 bits per heavy atom. The van der Waals surface area contributed by atoms with Crippen molar-refractivity contribution >= 4 is 50.4 Å². The number of rotatable bonds is 5. The monoisotopic (exact) mass is 415 g/mol. The molecular weight excluding hydrogens is 402 g/mol. The van der Waals surface area contributed by atoms with Gasteiger partial charge < -0.3 is 5.73 Å². The van der Waals surface area contributed by atoms with Crippen molar-refractivity contribution in [2.24, 2.45) is 5.73 Å². The lowest BCUT2D eigenvalue weighted by atomic mass is 10.1. The van der Waals surface area contributed by atoms with Crippen LogP contribution in [0.1, 0.15) is 6.42 Å². The summed E-state index contributed by atoms with van der Waals surface area (Å²) in [6, 6.07) is 11.0. The van der Waals surface area contributed by atoms with Crippen LogP contribution in [0.4, 0.5) is 0 Å². The van der Waals surface area contributed by atoms with Crippen molar-refractivity contribution in [1.82, 2.24) is 9.55 Å². The van der Waals surface area contributed by atoms with E-state index in [1.165, 1.54) is 15.9 Å². The topological polar surface area (TPSA) is 78.0 Å². The van der Waals surface area contributed by atoms with E-state index < -0.39 is 5.91 Å². The number of nitrogens with zero attached hydrogens (tertiary/aromatic N) is 2. The van der Waals surface area contributed by atoms with Crippen LogP contribution in [-0.4, -0.2) is 15.5 Å². The third-order valence-corrected chi connectivity index (χ3v) is 6.19. The predicted octanol–water partition coefficient (Wildman–Crippen LogP) is 4.38. The highest BCUT2D eigenvalue weighted by atomic mass is 35.5. The fourth-order valence-electron chi connectivity index (χ4n) is 2.89. The normalized spacial score (nSPS) is 11.1. The SMILES string of the molecule is NC(=O)CCn1c(-c2ccc(Cl)cc2)nc2scc(-c3cccs3)c2c1=O. The number of hydrogen-bond acceptors (Lipinski definition) is 5. The fourth-order valence-corrected chi connectivity index (χ4v) is 4.76. The number of nitrogens with two attached hydrogens (primary N) is 1. The second kappa shape index (κ2) is 7.26. The molecule has 0 saturated carbocycles. The van der Waals surface area contributed by atoms with E-state index in [1.807, 2.05) is 35.0 Å². The van der Waals surface area contributed by atoms with Gasteiger partial charge in [-0.05, 0) is 35.7 Å². The molecule has 4 aromatic rings. The standard InChI is InChI=1S/C19H14ClN3O2S2/c20-12-5-3-11(4-6-12)17-22-18-16(19(25)23(17)8-7-15(21)24)13(10-27-18)14-2-1-9-26-14/h1-6,9-10H,7-8H2,(H2,21,24). The van der Waals surface area contributed by atoms with Gasteiger partial charge in [0.05, 0.1) is 5.39 Å². The second-order valence-electron chi connectivity index (χ2n) is 5.92. The Morgan fingerprint density at radius 2 is 1.96 bits per heavy atom. The minimum atomic E-state index is -0.465. The van der Waals surface area contributed by atoms with Crippen LogP contribution < -0.4 is 11.3 Å². The molecular formula is C19H14ClN3O2S2. The molecule has 0 saturated heterocycles. The van der Waals surface area contributed by atoms with Crippen LogP contribution in [0.2, 0.25) is 5.02 Å². The van der Waals surface area contributed by atoms with Crippen molar-refractivity contribution < 1.29 is 4.79 Å². The lowest BCUT2D eigenvalue weighted by molar-refractivity contribution is -0.118. The Morgan fingerprint density at radius 1 is 1.19 bits per heavy atom. The number of carbonyl (C=O) groups excluding carboxylic acids is 1. The van der Waals surface area contributed by atoms with Crippen molar-refractivity contribution in [3.63, 3.8) is 0 Å². The molecule has 0 fully saturated rings. The highest BCUT2D eigenvalue weighted by Crippen LogP contribution is 2.34. The van der Waals surface area contributed by atoms with E-state index in [9.17, 15) is 9.59 Å². The van der Waals surface area contributed by atoms with Crippen LogP contribution in [-0.2, 0) is 11.3 Å². The van der Waals surface area contributed by atoms with E-state index in [0.29, 0.717) is 21.1 Å². The zero-order valence-corrected chi connectivity index (χ0v) is 16.4. The average Bonchev–Trinajstić information content (AvgIpc) is 3.30. The summed E-state index contributed by atoms with van der Waals surface area (Å²) in [5.74, 6) is 0.0397. The van der Waals surface area contributed by atoms with Gasteiger partial charge >= 0.3 is 0 Å². The second-order valence-corrected chi connectivity index (χ2v) is 8.16. The fraction of sp³-hybridized carbons (Fsp3) is 0.105. The molecule has 136 valence electrons. The molecule has 0 unspecified atom stereocenters. The van der Waals surface area contributed by atoms with Gasteiger partial charge in [0.1, 0.15) is 10.7 Å². The molecule has 8 heteroatoms. The molecule has 0 bridgehead atoms. The highest BCUT2D eigenvalue weighted by Gasteiger charge is 2.18. The van der Waals surface area contributed by atoms with Crippen molar-refractivity contribution in [3.8, 4) is 21.8 Å². The number of thiophene rings is 2. The number of hydrogen-bond donors (Lipinski definition) is 1. The molecule has 3 heterocycles. The number of fused-ring (bicyclic) bond motifs is 1. The summed E-state index contributed by atoms with van der Waals surface area (Å²) in [6.45, 7) is 0.175. The lowest BCUT2D eigenvalue weighted by Gasteiger charge is -2.12. The number of primary amides is 1. The maximum Gasteiger partial charge on any atom is 0.263 e. The predicted molar refractivity (Wildman–Crippen MR) is 111 cm³/mol. The van der Waals surface area contributed by atoms with Gasteiger partial charge in [0.2, 0.25) is 5.91 Å². The van der Waals surface area contributed by atoms with E-state index in [1.54, 1.807) is 23.5 Å². The van der Waals surface area contributed by atoms with Crippen LogP contribution >= 0.6 is 34.3 Å². The van der Waals surface area contributed by atoms with Crippen LogP contribution in [0.15, 0.2) is 52.0 Å². The Kier molecular flexibility index (Phi) is 4.82. The summed E-state index contributed by atoms with van der Waals surface area (Å²) in [5, 5.41) is 5.10. The Labute approximate surface area is 167 Å². The zero-order chi connectivity index (χ0) is 19.0. The molecule has 2 N–H and O–H groups in total. The number of carbonyl (C=O) groups is 1. The Balaban J connectivity index is 1.97. The van der Waals surface area contributed by atoms with E-state index in [-0.39, 0.29) is 18.5 Å². The van der Waals surface area contributed by atoms with Gasteiger partial charge in [0.15, 0.2) is 0 Å². The van der Waals surface area contributed by atoms with Crippen LogP contribution in [0.3, 0.4) is 0 Å². The van der Waals surface area contributed by atoms with Gasteiger partial charge in [-0.15, -0.1) is 22.7 Å². The summed E-state index contributed by atoms with van der Waals surface area (Å²) >= 11 is 8.99. The minimum absolute atomic E-state index is 0.0617. The first-order valence-corrected chi connectivity index (χ1v) is 10.3. The van der Waals surface area contributed by atoms with Gasteiger partial charge in [-0.1, -0.05) is 17.7 Å². The first kappa shape index (κ1) is 17.9. The Hall–Kier alpha value is -2.48. The largest absolute Gasteiger partial charge is 0.370 e. The number of aromatic nitrogens is 2. The number of halogens is 1. The highest BCUT2D eigenvalue weighted by molar-refractivity contribution is 7.18. The van der Waals surface area contributed by atoms with Gasteiger partial charge in [-0.25, -0.2) is 4.98 Å². The summed E-state index contributed by atoms with van der Waals surface area (Å²) in [4.78, 5) is 31.1. The quantitative estimate of drug-likeness (QED) is 0.525. The van der Waals surface area contributed by atoms with Crippen LogP contribution in [0.5, 0.6) is 0 Å². The van der Waals surface area contributed by atoms with E-state index >= 15 is 0 Å². The summed E-state index contributed by atoms with van der Waals surface area (Å²) in [6.07, 6.45) is 0.0617. The molecule has 0 spiro atoms. The van der Waals surface area contributed by atoms with Gasteiger partial charge in [0, 0.05) is 39.4 Å². The average molecular weight is 416 g/mol. The molecule has 27 heavy (non-hydrogen) atoms. The maximum atomic E-state index is 13.3. The van der Waals surface area contributed by atoms with Crippen molar-refractivity contribution in [3.05, 3.63) is 62.5 Å². The van der Waals surface area contributed by atoms with E-state index in [0.717, 1.165) is 16.0 Å². The molecule has 5 nitrogen and oxygen atoms in total. The number of benzene rings is 1. The minimum Gasteiger partial charge on any atom is -0.370 e. The van der Waals surface area contributed by atoms with E-state index in [4.69, 9.17) is 22.3 Å². The molecule has 0 aliphatic carbocycles. The molecule has 0 radical (unpaired) electrons. The van der Waals surface area contributed by atoms with Crippen molar-refractivity contribution in [2.75, 3.05) is 0 Å². The van der Waals surface area contributed by atoms with Crippen molar-refractivity contribution in [2.45, 2.75) is 13.0 Å². The molecule has 0 atom stereocenters. The smallest absolute Gasteiger partial charge is 0.263 e. The van der Waals surface area contributed by atoms with Gasteiger partial charge in [0.25, 0.3) is 5.56 Å². The lowest BCUT2D eigenvalue weighted by Crippen LogP contribution is -2.26. The first-order valence-electron chi connectivity index (χ1n) is 8.15. The summed E-state index contributed by atoms with van der Waals surface area (Å²) in [5.41, 5.74) is 6.77. The maximum absolute atomic E-state index is 13.3. The third kappa shape index (κ3) is 3.41. The van der Waals surface area contributed by atoms with Gasteiger partial charge in [-0.2, -0.15) is 0 Å². The molecule has 1 aromatic carbocycles. The zero-order valence-electron chi connectivity index (χ0n) is 14.0. The molecule has 1 amide bonds. The van der Waals surface area contributed by atoms with Gasteiger partial charge in [-0.3, -0.25) is 14.2 Å².